The summed E-state index contributed by atoms with van der Waals surface area (Å²) in [7, 11) is 0. The Morgan fingerprint density at radius 1 is 1.25 bits per heavy atom. The molecule has 1 amide bonds. The SMILES string of the molecule is CCC(CC1CC1)NC(=O)C1CC2CC2C1. The minimum absolute atomic E-state index is 0.358. The quantitative estimate of drug-likeness (QED) is 0.760. The molecule has 0 aromatic carbocycles. The molecule has 16 heavy (non-hydrogen) atoms. The third-order valence-electron chi connectivity index (χ3n) is 4.77. The molecular formula is C14H23NO. The summed E-state index contributed by atoms with van der Waals surface area (Å²) in [5.41, 5.74) is 0. The standard InChI is InChI=1S/C14H23NO/c1-2-13(5-9-3-4-9)15-14(16)12-7-10-6-11(10)8-12/h9-13H,2-8H2,1H3,(H,15,16). The van der Waals surface area contributed by atoms with Gasteiger partial charge in [-0.1, -0.05) is 19.8 Å². The van der Waals surface area contributed by atoms with E-state index in [4.69, 9.17) is 0 Å². The van der Waals surface area contributed by atoms with Crippen LogP contribution in [0.3, 0.4) is 0 Å². The van der Waals surface area contributed by atoms with E-state index in [1.165, 1.54) is 38.5 Å². The molecule has 3 aliphatic carbocycles. The van der Waals surface area contributed by atoms with Gasteiger partial charge >= 0.3 is 0 Å². The predicted molar refractivity (Wildman–Crippen MR) is 63.9 cm³/mol. The summed E-state index contributed by atoms with van der Waals surface area (Å²) in [6.07, 6.45) is 8.86. The van der Waals surface area contributed by atoms with Crippen molar-refractivity contribution in [3.8, 4) is 0 Å². The third-order valence-corrected chi connectivity index (χ3v) is 4.77. The zero-order chi connectivity index (χ0) is 11.1. The van der Waals surface area contributed by atoms with Gasteiger partial charge in [-0.25, -0.2) is 0 Å². The Morgan fingerprint density at radius 3 is 2.50 bits per heavy atom. The van der Waals surface area contributed by atoms with E-state index >= 15 is 0 Å². The van der Waals surface area contributed by atoms with Gasteiger partial charge in [0.05, 0.1) is 0 Å². The smallest absolute Gasteiger partial charge is 0.223 e. The molecule has 3 fully saturated rings. The topological polar surface area (TPSA) is 29.1 Å². The fourth-order valence-electron chi connectivity index (χ4n) is 3.33. The maximum Gasteiger partial charge on any atom is 0.223 e. The molecule has 90 valence electrons. The summed E-state index contributed by atoms with van der Waals surface area (Å²) in [5, 5.41) is 3.28. The van der Waals surface area contributed by atoms with Crippen LogP contribution in [-0.4, -0.2) is 11.9 Å². The Morgan fingerprint density at radius 2 is 1.94 bits per heavy atom. The molecule has 2 nitrogen and oxygen atoms in total. The van der Waals surface area contributed by atoms with E-state index in [1.807, 2.05) is 0 Å². The molecule has 0 spiro atoms. The first kappa shape index (κ1) is 10.6. The molecule has 0 aromatic heterocycles. The summed E-state index contributed by atoms with van der Waals surface area (Å²) < 4.78 is 0. The molecule has 0 aliphatic heterocycles. The number of hydrogen-bond donors (Lipinski definition) is 1. The van der Waals surface area contributed by atoms with Gasteiger partial charge in [0.1, 0.15) is 0 Å². The summed E-state index contributed by atoms with van der Waals surface area (Å²) in [6.45, 7) is 2.19. The van der Waals surface area contributed by atoms with Gasteiger partial charge in [-0.2, -0.15) is 0 Å². The molecule has 3 rings (SSSR count). The molecule has 3 saturated carbocycles. The second-order valence-electron chi connectivity index (χ2n) is 6.22. The van der Waals surface area contributed by atoms with Gasteiger partial charge in [0.25, 0.3) is 0 Å². The van der Waals surface area contributed by atoms with Crippen LogP contribution in [0.5, 0.6) is 0 Å². The van der Waals surface area contributed by atoms with Crippen LogP contribution in [0.25, 0.3) is 0 Å². The van der Waals surface area contributed by atoms with Crippen LogP contribution in [0.15, 0.2) is 0 Å². The number of rotatable bonds is 5. The number of nitrogens with one attached hydrogen (secondary N) is 1. The first-order valence-electron chi connectivity index (χ1n) is 7.06. The molecule has 1 N–H and O–H groups in total. The van der Waals surface area contributed by atoms with E-state index < -0.39 is 0 Å². The molecule has 3 aliphatic rings. The Labute approximate surface area is 98.2 Å². The lowest BCUT2D eigenvalue weighted by Crippen LogP contribution is -2.38. The highest BCUT2D eigenvalue weighted by molar-refractivity contribution is 5.79. The normalized spacial score (nSPS) is 37.9. The summed E-state index contributed by atoms with van der Waals surface area (Å²) in [6, 6.07) is 0.455. The highest BCUT2D eigenvalue weighted by Crippen LogP contribution is 2.54. The zero-order valence-corrected chi connectivity index (χ0v) is 10.2. The molecule has 0 aromatic rings. The Kier molecular flexibility index (Phi) is 2.68. The largest absolute Gasteiger partial charge is 0.353 e. The van der Waals surface area contributed by atoms with E-state index in [1.54, 1.807) is 0 Å². The van der Waals surface area contributed by atoms with E-state index in [-0.39, 0.29) is 0 Å². The van der Waals surface area contributed by atoms with Crippen molar-refractivity contribution in [1.82, 2.24) is 5.32 Å². The first-order valence-corrected chi connectivity index (χ1v) is 7.06. The lowest BCUT2D eigenvalue weighted by Gasteiger charge is -2.20. The van der Waals surface area contributed by atoms with Crippen molar-refractivity contribution in [3.05, 3.63) is 0 Å². The van der Waals surface area contributed by atoms with Gasteiger partial charge in [0.15, 0.2) is 0 Å². The lowest BCUT2D eigenvalue weighted by atomic mass is 10.0. The van der Waals surface area contributed by atoms with Crippen LogP contribution >= 0.6 is 0 Å². The lowest BCUT2D eigenvalue weighted by molar-refractivity contribution is -0.125. The molecular weight excluding hydrogens is 198 g/mol. The van der Waals surface area contributed by atoms with Crippen LogP contribution in [0.4, 0.5) is 0 Å². The van der Waals surface area contributed by atoms with Crippen molar-refractivity contribution in [2.24, 2.45) is 23.7 Å². The molecule has 3 atom stereocenters. The summed E-state index contributed by atoms with van der Waals surface area (Å²) in [5.74, 6) is 3.47. The van der Waals surface area contributed by atoms with Crippen LogP contribution in [-0.2, 0) is 4.79 Å². The van der Waals surface area contributed by atoms with Crippen LogP contribution in [0, 0.1) is 23.7 Å². The number of carbonyl (C=O) groups excluding carboxylic acids is 1. The van der Waals surface area contributed by atoms with Gasteiger partial charge in [-0.05, 0) is 49.9 Å². The van der Waals surface area contributed by atoms with Crippen molar-refractivity contribution in [1.29, 1.82) is 0 Å². The number of fused-ring (bicyclic) bond motifs is 1. The van der Waals surface area contributed by atoms with E-state index in [0.717, 1.165) is 24.2 Å². The van der Waals surface area contributed by atoms with Gasteiger partial charge in [-0.15, -0.1) is 0 Å². The fraction of sp³-hybridized carbons (Fsp3) is 0.929. The molecule has 3 unspecified atom stereocenters. The Bertz CT molecular complexity index is 274. The maximum atomic E-state index is 12.1. The van der Waals surface area contributed by atoms with Gasteiger partial charge in [0.2, 0.25) is 5.91 Å². The number of amides is 1. The van der Waals surface area contributed by atoms with Crippen LogP contribution in [0.2, 0.25) is 0 Å². The Balaban J connectivity index is 1.46. The van der Waals surface area contributed by atoms with Gasteiger partial charge < -0.3 is 5.32 Å². The number of hydrogen-bond acceptors (Lipinski definition) is 1. The molecule has 0 saturated heterocycles. The van der Waals surface area contributed by atoms with Crippen molar-refractivity contribution in [2.75, 3.05) is 0 Å². The van der Waals surface area contributed by atoms with Gasteiger partial charge in [-0.3, -0.25) is 4.79 Å². The monoisotopic (exact) mass is 221 g/mol. The van der Waals surface area contributed by atoms with Crippen molar-refractivity contribution >= 4 is 5.91 Å². The van der Waals surface area contributed by atoms with Crippen molar-refractivity contribution in [3.63, 3.8) is 0 Å². The average molecular weight is 221 g/mol. The minimum atomic E-state index is 0.358. The summed E-state index contributed by atoms with van der Waals surface area (Å²) >= 11 is 0. The van der Waals surface area contributed by atoms with Gasteiger partial charge in [0, 0.05) is 12.0 Å². The molecule has 2 heteroatoms. The second-order valence-corrected chi connectivity index (χ2v) is 6.22. The third kappa shape index (κ3) is 2.26. The second kappa shape index (κ2) is 4.05. The van der Waals surface area contributed by atoms with Crippen LogP contribution < -0.4 is 5.32 Å². The van der Waals surface area contributed by atoms with Crippen molar-refractivity contribution in [2.45, 2.75) is 57.9 Å². The highest BCUT2D eigenvalue weighted by atomic mass is 16.1. The summed E-state index contributed by atoms with van der Waals surface area (Å²) in [4.78, 5) is 12.1. The zero-order valence-electron chi connectivity index (χ0n) is 10.2. The van der Waals surface area contributed by atoms with E-state index in [9.17, 15) is 4.79 Å². The van der Waals surface area contributed by atoms with E-state index in [0.29, 0.717) is 17.9 Å². The van der Waals surface area contributed by atoms with Crippen molar-refractivity contribution < 1.29 is 4.79 Å². The molecule has 0 bridgehead atoms. The predicted octanol–water partition coefficient (Wildman–Crippen LogP) is 2.73. The highest BCUT2D eigenvalue weighted by Gasteiger charge is 2.48. The fourth-order valence-corrected chi connectivity index (χ4v) is 3.33. The Hall–Kier alpha value is -0.530. The van der Waals surface area contributed by atoms with Crippen LogP contribution in [0.1, 0.15) is 51.9 Å². The molecule has 0 radical (unpaired) electrons. The average Bonchev–Trinajstić information content (AvgIpc) is 3.19. The molecule has 0 heterocycles. The first-order chi connectivity index (χ1) is 7.76. The maximum absolute atomic E-state index is 12.1. The van der Waals surface area contributed by atoms with E-state index in [2.05, 4.69) is 12.2 Å². The number of carbonyl (C=O) groups is 1. The minimum Gasteiger partial charge on any atom is -0.353 e.